The Kier molecular flexibility index (Phi) is 4.72. The number of methoxy groups -OCH3 is 1. The molecule has 0 saturated heterocycles. The SMILES string of the molecule is COc1cccc(CNC(=O)Cn2nc([N+](=O)[O-])cc2C)c1. The van der Waals surface area contributed by atoms with Crippen LogP contribution in [-0.4, -0.2) is 27.7 Å². The molecule has 8 heteroatoms. The second kappa shape index (κ2) is 6.70. The highest BCUT2D eigenvalue weighted by Crippen LogP contribution is 2.12. The van der Waals surface area contributed by atoms with Gasteiger partial charge < -0.3 is 20.2 Å². The Bertz CT molecular complexity index is 696. The first kappa shape index (κ1) is 15.5. The molecule has 2 rings (SSSR count). The lowest BCUT2D eigenvalue weighted by Gasteiger charge is -2.06. The minimum Gasteiger partial charge on any atom is -0.497 e. The largest absolute Gasteiger partial charge is 0.497 e. The molecule has 0 aliphatic carbocycles. The van der Waals surface area contributed by atoms with E-state index in [-0.39, 0.29) is 18.3 Å². The lowest BCUT2D eigenvalue weighted by Crippen LogP contribution is -2.27. The van der Waals surface area contributed by atoms with Gasteiger partial charge in [-0.1, -0.05) is 12.1 Å². The van der Waals surface area contributed by atoms with Crippen LogP contribution in [0, 0.1) is 17.0 Å². The molecule has 0 saturated carbocycles. The smallest absolute Gasteiger partial charge is 0.390 e. The first-order valence-corrected chi connectivity index (χ1v) is 6.58. The molecule has 1 amide bonds. The van der Waals surface area contributed by atoms with Crippen molar-refractivity contribution in [2.45, 2.75) is 20.0 Å². The van der Waals surface area contributed by atoms with E-state index in [0.717, 1.165) is 5.56 Å². The van der Waals surface area contributed by atoms with Gasteiger partial charge in [0.15, 0.2) is 0 Å². The number of rotatable bonds is 6. The first-order valence-electron chi connectivity index (χ1n) is 6.58. The van der Waals surface area contributed by atoms with Crippen molar-refractivity contribution in [3.8, 4) is 5.75 Å². The van der Waals surface area contributed by atoms with Crippen molar-refractivity contribution in [1.82, 2.24) is 15.1 Å². The summed E-state index contributed by atoms with van der Waals surface area (Å²) >= 11 is 0. The molecule has 0 unspecified atom stereocenters. The monoisotopic (exact) mass is 304 g/mol. The lowest BCUT2D eigenvalue weighted by atomic mass is 10.2. The minimum absolute atomic E-state index is 0.0658. The average Bonchev–Trinajstić information content (AvgIpc) is 2.87. The fraction of sp³-hybridized carbons (Fsp3) is 0.286. The molecule has 0 spiro atoms. The second-order valence-corrected chi connectivity index (χ2v) is 4.69. The molecule has 116 valence electrons. The lowest BCUT2D eigenvalue weighted by molar-refractivity contribution is -0.389. The van der Waals surface area contributed by atoms with E-state index in [0.29, 0.717) is 18.0 Å². The zero-order chi connectivity index (χ0) is 16.1. The Labute approximate surface area is 126 Å². The van der Waals surface area contributed by atoms with Crippen LogP contribution in [0.1, 0.15) is 11.3 Å². The van der Waals surface area contributed by atoms with Gasteiger partial charge in [0, 0.05) is 6.54 Å². The molecule has 1 aromatic carbocycles. The van der Waals surface area contributed by atoms with E-state index in [2.05, 4.69) is 10.4 Å². The Morgan fingerprint density at radius 2 is 2.23 bits per heavy atom. The van der Waals surface area contributed by atoms with Gasteiger partial charge in [-0.15, -0.1) is 0 Å². The molecule has 0 fully saturated rings. The Morgan fingerprint density at radius 1 is 1.45 bits per heavy atom. The molecule has 8 nitrogen and oxygen atoms in total. The molecule has 0 radical (unpaired) electrons. The molecular formula is C14H16N4O4. The summed E-state index contributed by atoms with van der Waals surface area (Å²) in [7, 11) is 1.57. The van der Waals surface area contributed by atoms with Gasteiger partial charge in [-0.2, -0.15) is 4.68 Å². The number of nitrogens with zero attached hydrogens (tertiary/aromatic N) is 3. The Balaban J connectivity index is 1.94. The maximum Gasteiger partial charge on any atom is 0.390 e. The molecule has 0 bridgehead atoms. The van der Waals surface area contributed by atoms with Crippen molar-refractivity contribution in [1.29, 1.82) is 0 Å². The number of aromatic nitrogens is 2. The Hall–Kier alpha value is -2.90. The number of aryl methyl sites for hydroxylation is 1. The van der Waals surface area contributed by atoms with Crippen molar-refractivity contribution >= 4 is 11.7 Å². The fourth-order valence-corrected chi connectivity index (χ4v) is 1.92. The van der Waals surface area contributed by atoms with Crippen LogP contribution in [-0.2, 0) is 17.9 Å². The number of carbonyl (C=O) groups is 1. The van der Waals surface area contributed by atoms with Crippen LogP contribution in [0.15, 0.2) is 30.3 Å². The van der Waals surface area contributed by atoms with Gasteiger partial charge in [0.25, 0.3) is 0 Å². The van der Waals surface area contributed by atoms with E-state index >= 15 is 0 Å². The third-order valence-corrected chi connectivity index (χ3v) is 3.07. The molecule has 1 N–H and O–H groups in total. The molecule has 0 aliphatic rings. The third-order valence-electron chi connectivity index (χ3n) is 3.07. The number of hydrogen-bond donors (Lipinski definition) is 1. The molecule has 2 aromatic rings. The van der Waals surface area contributed by atoms with Gasteiger partial charge in [0.2, 0.25) is 5.91 Å². The third kappa shape index (κ3) is 3.81. The number of ether oxygens (including phenoxy) is 1. The fourth-order valence-electron chi connectivity index (χ4n) is 1.92. The van der Waals surface area contributed by atoms with Gasteiger partial charge in [0.1, 0.15) is 12.3 Å². The maximum atomic E-state index is 11.9. The van der Waals surface area contributed by atoms with Gasteiger partial charge in [-0.3, -0.25) is 4.79 Å². The molecular weight excluding hydrogens is 288 g/mol. The van der Waals surface area contributed by atoms with Crippen molar-refractivity contribution in [2.75, 3.05) is 7.11 Å². The van der Waals surface area contributed by atoms with Crippen molar-refractivity contribution in [2.24, 2.45) is 0 Å². The number of benzene rings is 1. The summed E-state index contributed by atoms with van der Waals surface area (Å²) < 4.78 is 6.41. The quantitative estimate of drug-likeness (QED) is 0.642. The number of hydrogen-bond acceptors (Lipinski definition) is 5. The van der Waals surface area contributed by atoms with E-state index < -0.39 is 4.92 Å². The average molecular weight is 304 g/mol. The normalized spacial score (nSPS) is 10.3. The Morgan fingerprint density at radius 3 is 2.86 bits per heavy atom. The van der Waals surface area contributed by atoms with Gasteiger partial charge >= 0.3 is 5.82 Å². The minimum atomic E-state index is -0.586. The summed E-state index contributed by atoms with van der Waals surface area (Å²) in [6, 6.07) is 8.67. The van der Waals surface area contributed by atoms with Gasteiger partial charge in [0.05, 0.1) is 24.0 Å². The van der Waals surface area contributed by atoms with E-state index in [4.69, 9.17) is 4.74 Å². The van der Waals surface area contributed by atoms with Crippen LogP contribution in [0.25, 0.3) is 0 Å². The van der Waals surface area contributed by atoms with Crippen molar-refractivity contribution in [3.63, 3.8) is 0 Å². The molecule has 22 heavy (non-hydrogen) atoms. The standard InChI is InChI=1S/C14H16N4O4/c1-10-6-13(18(20)21)16-17(10)9-14(19)15-8-11-4-3-5-12(7-11)22-2/h3-7H,8-9H2,1-2H3,(H,15,19). The number of nitro groups is 1. The number of nitrogens with one attached hydrogen (secondary N) is 1. The maximum absolute atomic E-state index is 11.9. The molecule has 0 aliphatic heterocycles. The topological polar surface area (TPSA) is 99.3 Å². The zero-order valence-corrected chi connectivity index (χ0v) is 12.3. The highest BCUT2D eigenvalue weighted by atomic mass is 16.6. The summed E-state index contributed by atoms with van der Waals surface area (Å²) in [6.45, 7) is 1.94. The van der Waals surface area contributed by atoms with Gasteiger partial charge in [-0.25, -0.2) is 0 Å². The summed E-state index contributed by atoms with van der Waals surface area (Å²) in [5.41, 5.74) is 1.46. The second-order valence-electron chi connectivity index (χ2n) is 4.69. The summed E-state index contributed by atoms with van der Waals surface area (Å²) in [6.07, 6.45) is 0. The first-order chi connectivity index (χ1) is 10.5. The van der Waals surface area contributed by atoms with Crippen LogP contribution in [0.4, 0.5) is 5.82 Å². The van der Waals surface area contributed by atoms with Crippen molar-refractivity contribution in [3.05, 3.63) is 51.7 Å². The van der Waals surface area contributed by atoms with Gasteiger partial charge in [-0.05, 0) is 29.5 Å². The van der Waals surface area contributed by atoms with Crippen LogP contribution in [0.5, 0.6) is 5.75 Å². The molecule has 1 heterocycles. The molecule has 0 atom stereocenters. The number of carbonyl (C=O) groups excluding carboxylic acids is 1. The van der Waals surface area contributed by atoms with E-state index in [9.17, 15) is 14.9 Å². The predicted octanol–water partition coefficient (Wildman–Crippen LogP) is 1.42. The highest BCUT2D eigenvalue weighted by Gasteiger charge is 2.17. The van der Waals surface area contributed by atoms with E-state index in [1.54, 1.807) is 14.0 Å². The van der Waals surface area contributed by atoms with E-state index in [1.807, 2.05) is 24.3 Å². The summed E-state index contributed by atoms with van der Waals surface area (Å²) in [5, 5.41) is 17.1. The number of amides is 1. The highest BCUT2D eigenvalue weighted by molar-refractivity contribution is 5.75. The van der Waals surface area contributed by atoms with E-state index in [1.165, 1.54) is 10.7 Å². The zero-order valence-electron chi connectivity index (χ0n) is 12.3. The summed E-state index contributed by atoms with van der Waals surface area (Å²) in [5.74, 6) is 0.173. The van der Waals surface area contributed by atoms with Crippen LogP contribution >= 0.6 is 0 Å². The predicted molar refractivity (Wildman–Crippen MR) is 78.5 cm³/mol. The summed E-state index contributed by atoms with van der Waals surface area (Å²) in [4.78, 5) is 22.0. The van der Waals surface area contributed by atoms with Crippen LogP contribution in [0.2, 0.25) is 0 Å². The van der Waals surface area contributed by atoms with Crippen LogP contribution < -0.4 is 10.1 Å². The molecule has 1 aromatic heterocycles. The van der Waals surface area contributed by atoms with Crippen molar-refractivity contribution < 1.29 is 14.5 Å². The van der Waals surface area contributed by atoms with Crippen LogP contribution in [0.3, 0.4) is 0 Å².